The third kappa shape index (κ3) is 3.83. The molecule has 1 saturated heterocycles. The van der Waals surface area contributed by atoms with Crippen molar-refractivity contribution in [2.45, 2.75) is 25.8 Å². The zero-order chi connectivity index (χ0) is 11.4. The van der Waals surface area contributed by atoms with Crippen molar-refractivity contribution in [1.29, 1.82) is 0 Å². The zero-order valence-electron chi connectivity index (χ0n) is 9.29. The molecule has 0 amide bonds. The van der Waals surface area contributed by atoms with Crippen molar-refractivity contribution < 1.29 is 0 Å². The molecular formula is C12H17Br2NS. The molecule has 16 heavy (non-hydrogen) atoms. The van der Waals surface area contributed by atoms with E-state index >= 15 is 0 Å². The summed E-state index contributed by atoms with van der Waals surface area (Å²) in [5.74, 6) is 0.900. The van der Waals surface area contributed by atoms with E-state index in [1.54, 1.807) is 0 Å². The first-order valence-corrected chi connectivity index (χ1v) is 8.53. The zero-order valence-corrected chi connectivity index (χ0v) is 13.3. The van der Waals surface area contributed by atoms with Crippen LogP contribution in [0, 0.1) is 5.92 Å². The Bertz CT molecular complexity index is 325. The smallest absolute Gasteiger partial charge is 0.0701 e. The maximum absolute atomic E-state index is 3.55. The Morgan fingerprint density at radius 2 is 2.31 bits per heavy atom. The maximum atomic E-state index is 3.55. The lowest BCUT2D eigenvalue weighted by atomic mass is 9.96. The van der Waals surface area contributed by atoms with Gasteiger partial charge in [0.2, 0.25) is 0 Å². The van der Waals surface area contributed by atoms with Crippen LogP contribution in [0.15, 0.2) is 15.9 Å². The predicted molar refractivity (Wildman–Crippen MR) is 78.4 cm³/mol. The molecule has 1 aliphatic heterocycles. The quantitative estimate of drug-likeness (QED) is 0.708. The topological polar surface area (TPSA) is 3.24 Å². The molecule has 1 atom stereocenters. The number of hydrogen-bond acceptors (Lipinski definition) is 2. The van der Waals surface area contributed by atoms with Crippen molar-refractivity contribution in [3.05, 3.63) is 20.8 Å². The summed E-state index contributed by atoms with van der Waals surface area (Å²) in [5.41, 5.74) is 0. The molecule has 0 N–H and O–H groups in total. The summed E-state index contributed by atoms with van der Waals surface area (Å²) in [6.45, 7) is 3.68. The molecule has 2 rings (SSSR count). The number of likely N-dealkylation sites (tertiary alicyclic amines) is 1. The Kier molecular flexibility index (Phi) is 5.33. The van der Waals surface area contributed by atoms with Gasteiger partial charge in [-0.05, 0) is 59.8 Å². The third-order valence-corrected chi connectivity index (χ3v) is 5.20. The molecule has 1 aliphatic rings. The van der Waals surface area contributed by atoms with Crippen LogP contribution in [0.5, 0.6) is 0 Å². The van der Waals surface area contributed by atoms with Crippen LogP contribution in [0.3, 0.4) is 0 Å². The van der Waals surface area contributed by atoms with E-state index in [2.05, 4.69) is 48.9 Å². The number of thiophene rings is 1. The number of hydrogen-bond donors (Lipinski definition) is 0. The van der Waals surface area contributed by atoms with Crippen LogP contribution in [0.1, 0.15) is 24.1 Å². The molecule has 4 heteroatoms. The minimum atomic E-state index is 0.900. The van der Waals surface area contributed by atoms with E-state index in [-0.39, 0.29) is 0 Å². The average molecular weight is 367 g/mol. The van der Waals surface area contributed by atoms with Crippen molar-refractivity contribution in [3.8, 4) is 0 Å². The molecule has 0 bridgehead atoms. The molecule has 1 aromatic rings. The van der Waals surface area contributed by atoms with Crippen molar-refractivity contribution in [2.24, 2.45) is 5.92 Å². The minimum absolute atomic E-state index is 0.900. The monoisotopic (exact) mass is 365 g/mol. The molecule has 0 aromatic carbocycles. The molecular weight excluding hydrogens is 350 g/mol. The van der Waals surface area contributed by atoms with Gasteiger partial charge in [-0.3, -0.25) is 4.90 Å². The second-order valence-electron chi connectivity index (χ2n) is 4.43. The summed E-state index contributed by atoms with van der Waals surface area (Å²) in [5, 5.41) is 1.15. The number of piperidine rings is 1. The molecule has 0 radical (unpaired) electrons. The number of rotatable bonds is 4. The summed E-state index contributed by atoms with van der Waals surface area (Å²) in [6.07, 6.45) is 4.10. The normalized spacial score (nSPS) is 22.5. The van der Waals surface area contributed by atoms with Crippen LogP contribution >= 0.6 is 43.2 Å². The van der Waals surface area contributed by atoms with Crippen LogP contribution in [0.4, 0.5) is 0 Å². The van der Waals surface area contributed by atoms with Gasteiger partial charge in [0.25, 0.3) is 0 Å². The Hall–Kier alpha value is 0.620. The van der Waals surface area contributed by atoms with Gasteiger partial charge in [-0.15, -0.1) is 11.3 Å². The first kappa shape index (κ1) is 13.1. The highest BCUT2D eigenvalue weighted by atomic mass is 79.9. The van der Waals surface area contributed by atoms with Gasteiger partial charge in [-0.1, -0.05) is 15.9 Å². The lowest BCUT2D eigenvalue weighted by Gasteiger charge is -2.32. The van der Waals surface area contributed by atoms with E-state index in [4.69, 9.17) is 0 Å². The first-order chi connectivity index (χ1) is 7.78. The SMILES string of the molecule is BrCCC1CCCN(Cc2ccc(Br)s2)C1. The lowest BCUT2D eigenvalue weighted by molar-refractivity contribution is 0.167. The molecule has 1 fully saturated rings. The van der Waals surface area contributed by atoms with Crippen molar-refractivity contribution in [3.63, 3.8) is 0 Å². The fourth-order valence-corrected chi connectivity index (χ4v) is 4.52. The van der Waals surface area contributed by atoms with E-state index < -0.39 is 0 Å². The van der Waals surface area contributed by atoms with E-state index in [0.29, 0.717) is 0 Å². The summed E-state index contributed by atoms with van der Waals surface area (Å²) >= 11 is 8.94. The van der Waals surface area contributed by atoms with Crippen LogP contribution in [-0.4, -0.2) is 23.3 Å². The fourth-order valence-electron chi connectivity index (χ4n) is 2.34. The van der Waals surface area contributed by atoms with Gasteiger partial charge in [0.1, 0.15) is 0 Å². The highest BCUT2D eigenvalue weighted by Gasteiger charge is 2.19. The highest BCUT2D eigenvalue weighted by Crippen LogP contribution is 2.26. The minimum Gasteiger partial charge on any atom is -0.298 e. The van der Waals surface area contributed by atoms with Gasteiger partial charge in [-0.2, -0.15) is 0 Å². The van der Waals surface area contributed by atoms with Gasteiger partial charge in [-0.25, -0.2) is 0 Å². The van der Waals surface area contributed by atoms with Gasteiger partial charge in [0, 0.05) is 23.3 Å². The van der Waals surface area contributed by atoms with Crippen LogP contribution in [0.2, 0.25) is 0 Å². The highest BCUT2D eigenvalue weighted by molar-refractivity contribution is 9.11. The molecule has 2 heterocycles. The average Bonchev–Trinajstić information content (AvgIpc) is 2.65. The Balaban J connectivity index is 1.85. The number of alkyl halides is 1. The van der Waals surface area contributed by atoms with Gasteiger partial charge in [0.15, 0.2) is 0 Å². The first-order valence-electron chi connectivity index (χ1n) is 5.80. The van der Waals surface area contributed by atoms with E-state index in [0.717, 1.165) is 17.8 Å². The molecule has 1 nitrogen and oxygen atoms in total. The molecule has 1 aromatic heterocycles. The second-order valence-corrected chi connectivity index (χ2v) is 7.77. The largest absolute Gasteiger partial charge is 0.298 e. The van der Waals surface area contributed by atoms with Gasteiger partial charge < -0.3 is 0 Å². The molecule has 0 aliphatic carbocycles. The van der Waals surface area contributed by atoms with Crippen LogP contribution in [0.25, 0.3) is 0 Å². The Labute approximate surface area is 118 Å². The van der Waals surface area contributed by atoms with Crippen molar-refractivity contribution >= 4 is 43.2 Å². The third-order valence-electron chi connectivity index (χ3n) is 3.13. The summed E-state index contributed by atoms with van der Waals surface area (Å²) < 4.78 is 1.25. The van der Waals surface area contributed by atoms with E-state index in [1.165, 1.54) is 41.0 Å². The second kappa shape index (κ2) is 6.53. The fraction of sp³-hybridized carbons (Fsp3) is 0.667. The Morgan fingerprint density at radius 1 is 1.44 bits per heavy atom. The summed E-state index contributed by atoms with van der Waals surface area (Å²) in [7, 11) is 0. The summed E-state index contributed by atoms with van der Waals surface area (Å²) in [4.78, 5) is 4.08. The molecule has 0 saturated carbocycles. The predicted octanol–water partition coefficient (Wildman–Crippen LogP) is 4.51. The van der Waals surface area contributed by atoms with Crippen LogP contribution < -0.4 is 0 Å². The number of halogens is 2. The van der Waals surface area contributed by atoms with Gasteiger partial charge in [0.05, 0.1) is 3.79 Å². The standard InChI is InChI=1S/C12H17Br2NS/c13-6-5-10-2-1-7-15(8-10)9-11-3-4-12(14)16-11/h3-4,10H,1-2,5-9H2. The maximum Gasteiger partial charge on any atom is 0.0701 e. The molecule has 90 valence electrons. The summed E-state index contributed by atoms with van der Waals surface area (Å²) in [6, 6.07) is 4.39. The lowest BCUT2D eigenvalue weighted by Crippen LogP contribution is -2.34. The van der Waals surface area contributed by atoms with E-state index in [1.807, 2.05) is 11.3 Å². The Morgan fingerprint density at radius 3 is 3.00 bits per heavy atom. The number of nitrogens with zero attached hydrogens (tertiary/aromatic N) is 1. The van der Waals surface area contributed by atoms with Gasteiger partial charge >= 0.3 is 0 Å². The van der Waals surface area contributed by atoms with Crippen molar-refractivity contribution in [2.75, 3.05) is 18.4 Å². The van der Waals surface area contributed by atoms with E-state index in [9.17, 15) is 0 Å². The molecule has 0 spiro atoms. The van der Waals surface area contributed by atoms with Crippen LogP contribution in [-0.2, 0) is 6.54 Å². The van der Waals surface area contributed by atoms with Crippen molar-refractivity contribution in [1.82, 2.24) is 4.90 Å². The molecule has 1 unspecified atom stereocenters.